The Morgan fingerprint density at radius 3 is 2.58 bits per heavy atom. The number of halogens is 2. The highest BCUT2D eigenvalue weighted by atomic mass is 19.1. The largest absolute Gasteiger partial charge is 0.353 e. The molecule has 1 fully saturated rings. The van der Waals surface area contributed by atoms with Gasteiger partial charge in [0.25, 0.3) is 0 Å². The Morgan fingerprint density at radius 2 is 1.95 bits per heavy atom. The predicted octanol–water partition coefficient (Wildman–Crippen LogP) is 0.936. The van der Waals surface area contributed by atoms with E-state index in [9.17, 15) is 18.4 Å². The Hall–Kier alpha value is -2.24. The first-order valence-corrected chi connectivity index (χ1v) is 5.74. The monoisotopic (exact) mass is 266 g/mol. The molecule has 1 aromatic rings. The molecule has 2 rings (SSSR count). The van der Waals surface area contributed by atoms with Gasteiger partial charge < -0.3 is 10.2 Å². The van der Waals surface area contributed by atoms with Crippen LogP contribution < -0.4 is 5.32 Å². The zero-order chi connectivity index (χ0) is 13.8. The first-order chi connectivity index (χ1) is 9.04. The van der Waals surface area contributed by atoms with E-state index >= 15 is 0 Å². The molecule has 0 aromatic heterocycles. The number of carbonyl (C=O) groups is 2. The summed E-state index contributed by atoms with van der Waals surface area (Å²) in [5, 5.41) is 2.60. The van der Waals surface area contributed by atoms with E-state index in [4.69, 9.17) is 0 Å². The van der Waals surface area contributed by atoms with Crippen LogP contribution in [-0.2, 0) is 9.59 Å². The van der Waals surface area contributed by atoms with Crippen molar-refractivity contribution in [2.45, 2.75) is 0 Å². The molecule has 0 radical (unpaired) electrons. The molecule has 0 saturated carbocycles. The standard InChI is InChI=1S/C13H12F2N2O2/c14-10-5-9(6-11(15)7-10)1-2-13(19)17-4-3-16-12(18)8-17/h1-2,5-7H,3-4,8H2,(H,16,18). The van der Waals surface area contributed by atoms with Crippen LogP contribution >= 0.6 is 0 Å². The fraction of sp³-hybridized carbons (Fsp3) is 0.231. The van der Waals surface area contributed by atoms with Gasteiger partial charge in [0.15, 0.2) is 0 Å². The number of amides is 2. The summed E-state index contributed by atoms with van der Waals surface area (Å²) in [7, 11) is 0. The average Bonchev–Trinajstić information content (AvgIpc) is 2.35. The maximum Gasteiger partial charge on any atom is 0.247 e. The SMILES string of the molecule is O=C1CN(C(=O)C=Cc2cc(F)cc(F)c2)CCN1. The summed E-state index contributed by atoms with van der Waals surface area (Å²) in [6, 6.07) is 3.00. The lowest BCUT2D eigenvalue weighted by Crippen LogP contribution is -2.49. The minimum atomic E-state index is -0.704. The summed E-state index contributed by atoms with van der Waals surface area (Å²) in [6.07, 6.45) is 2.52. The fourth-order valence-corrected chi connectivity index (χ4v) is 1.77. The number of nitrogens with one attached hydrogen (secondary N) is 1. The molecule has 0 spiro atoms. The summed E-state index contributed by atoms with van der Waals surface area (Å²) in [5.74, 6) is -1.99. The van der Waals surface area contributed by atoms with E-state index in [1.807, 2.05) is 0 Å². The highest BCUT2D eigenvalue weighted by Gasteiger charge is 2.18. The third-order valence-electron chi connectivity index (χ3n) is 2.65. The molecule has 2 amide bonds. The summed E-state index contributed by atoms with van der Waals surface area (Å²) < 4.78 is 25.9. The van der Waals surface area contributed by atoms with Gasteiger partial charge in [-0.05, 0) is 23.8 Å². The number of hydrogen-bond donors (Lipinski definition) is 1. The number of rotatable bonds is 2. The average molecular weight is 266 g/mol. The second-order valence-electron chi connectivity index (χ2n) is 4.15. The van der Waals surface area contributed by atoms with E-state index in [-0.39, 0.29) is 23.9 Å². The molecule has 0 unspecified atom stereocenters. The lowest BCUT2D eigenvalue weighted by molar-refractivity contribution is -0.134. The van der Waals surface area contributed by atoms with Gasteiger partial charge in [-0.25, -0.2) is 8.78 Å². The minimum absolute atomic E-state index is 0.000680. The van der Waals surface area contributed by atoms with E-state index in [1.54, 1.807) is 0 Å². The van der Waals surface area contributed by atoms with Crippen LogP contribution in [0.1, 0.15) is 5.56 Å². The lowest BCUT2D eigenvalue weighted by atomic mass is 10.2. The van der Waals surface area contributed by atoms with Crippen LogP contribution in [-0.4, -0.2) is 36.3 Å². The van der Waals surface area contributed by atoms with Gasteiger partial charge >= 0.3 is 0 Å². The second-order valence-corrected chi connectivity index (χ2v) is 4.15. The van der Waals surface area contributed by atoms with Crippen molar-refractivity contribution in [1.82, 2.24) is 10.2 Å². The topological polar surface area (TPSA) is 49.4 Å². The van der Waals surface area contributed by atoms with Crippen molar-refractivity contribution < 1.29 is 18.4 Å². The molecule has 0 atom stereocenters. The van der Waals surface area contributed by atoms with Gasteiger partial charge in [0.2, 0.25) is 11.8 Å². The molecule has 100 valence electrons. The van der Waals surface area contributed by atoms with Crippen molar-refractivity contribution in [3.05, 3.63) is 41.5 Å². The fourth-order valence-electron chi connectivity index (χ4n) is 1.77. The molecule has 4 nitrogen and oxygen atoms in total. The Bertz CT molecular complexity index is 523. The molecule has 1 heterocycles. The Morgan fingerprint density at radius 1 is 1.26 bits per heavy atom. The van der Waals surface area contributed by atoms with E-state index in [0.29, 0.717) is 13.1 Å². The van der Waals surface area contributed by atoms with Gasteiger partial charge in [-0.3, -0.25) is 9.59 Å². The number of nitrogens with zero attached hydrogens (tertiary/aromatic N) is 1. The Balaban J connectivity index is 2.05. The Labute approximate surface area is 108 Å². The molecule has 19 heavy (non-hydrogen) atoms. The molecule has 0 bridgehead atoms. The number of carbonyl (C=O) groups excluding carboxylic acids is 2. The summed E-state index contributed by atoms with van der Waals surface area (Å²) in [5.41, 5.74) is 0.257. The molecule has 1 N–H and O–H groups in total. The maximum absolute atomic E-state index is 12.9. The van der Waals surface area contributed by atoms with Crippen molar-refractivity contribution in [3.63, 3.8) is 0 Å². The van der Waals surface area contributed by atoms with Crippen molar-refractivity contribution in [3.8, 4) is 0 Å². The van der Waals surface area contributed by atoms with Crippen LogP contribution in [0.25, 0.3) is 6.08 Å². The van der Waals surface area contributed by atoms with E-state index in [1.165, 1.54) is 17.1 Å². The molecule has 0 aliphatic carbocycles. The normalized spacial score (nSPS) is 15.7. The van der Waals surface area contributed by atoms with Crippen LogP contribution in [0.3, 0.4) is 0 Å². The van der Waals surface area contributed by atoms with Gasteiger partial charge in [0.1, 0.15) is 11.6 Å². The zero-order valence-electron chi connectivity index (χ0n) is 10.0. The van der Waals surface area contributed by atoms with E-state index in [2.05, 4.69) is 5.32 Å². The molecule has 1 aliphatic rings. The van der Waals surface area contributed by atoms with E-state index < -0.39 is 11.6 Å². The lowest BCUT2D eigenvalue weighted by Gasteiger charge is -2.25. The van der Waals surface area contributed by atoms with Crippen molar-refractivity contribution in [2.24, 2.45) is 0 Å². The first-order valence-electron chi connectivity index (χ1n) is 5.74. The van der Waals surface area contributed by atoms with Gasteiger partial charge in [-0.1, -0.05) is 0 Å². The van der Waals surface area contributed by atoms with E-state index in [0.717, 1.165) is 18.2 Å². The molecule has 1 saturated heterocycles. The zero-order valence-corrected chi connectivity index (χ0v) is 10.0. The quantitative estimate of drug-likeness (QED) is 0.810. The van der Waals surface area contributed by atoms with Crippen LogP contribution in [0.4, 0.5) is 8.78 Å². The van der Waals surface area contributed by atoms with Gasteiger partial charge in [-0.2, -0.15) is 0 Å². The molecule has 1 aliphatic heterocycles. The number of benzene rings is 1. The minimum Gasteiger partial charge on any atom is -0.353 e. The summed E-state index contributed by atoms with van der Waals surface area (Å²) in [4.78, 5) is 24.2. The summed E-state index contributed by atoms with van der Waals surface area (Å²) >= 11 is 0. The predicted molar refractivity (Wildman–Crippen MR) is 65.0 cm³/mol. The van der Waals surface area contributed by atoms with Crippen LogP contribution in [0.5, 0.6) is 0 Å². The van der Waals surface area contributed by atoms with Gasteiger partial charge in [0.05, 0.1) is 6.54 Å². The van der Waals surface area contributed by atoms with Crippen LogP contribution in [0, 0.1) is 11.6 Å². The van der Waals surface area contributed by atoms with Crippen molar-refractivity contribution in [1.29, 1.82) is 0 Å². The molecule has 1 aromatic carbocycles. The highest BCUT2D eigenvalue weighted by molar-refractivity contribution is 5.94. The molecular formula is C13H12F2N2O2. The molecule has 6 heteroatoms. The smallest absolute Gasteiger partial charge is 0.247 e. The van der Waals surface area contributed by atoms with Gasteiger partial charge in [-0.15, -0.1) is 0 Å². The first kappa shape index (κ1) is 13.2. The van der Waals surface area contributed by atoms with Crippen LogP contribution in [0.2, 0.25) is 0 Å². The van der Waals surface area contributed by atoms with Crippen molar-refractivity contribution >= 4 is 17.9 Å². The number of hydrogen-bond acceptors (Lipinski definition) is 2. The number of piperazine rings is 1. The van der Waals surface area contributed by atoms with Crippen LogP contribution in [0.15, 0.2) is 24.3 Å². The Kier molecular flexibility index (Phi) is 3.89. The summed E-state index contributed by atoms with van der Waals surface area (Å²) in [6.45, 7) is 0.833. The van der Waals surface area contributed by atoms with Crippen molar-refractivity contribution in [2.75, 3.05) is 19.6 Å². The third-order valence-corrected chi connectivity index (χ3v) is 2.65. The maximum atomic E-state index is 12.9. The highest BCUT2D eigenvalue weighted by Crippen LogP contribution is 2.10. The second kappa shape index (κ2) is 5.60. The molecular weight excluding hydrogens is 254 g/mol. The van der Waals surface area contributed by atoms with Gasteiger partial charge in [0, 0.05) is 25.2 Å². The third kappa shape index (κ3) is 3.61.